The van der Waals surface area contributed by atoms with Crippen LogP contribution in [0.15, 0.2) is 0 Å². The smallest absolute Gasteiger partial charge is 0.313 e. The number of hydrogen-bond donors (Lipinski definition) is 1. The van der Waals surface area contributed by atoms with Gasteiger partial charge in [0.05, 0.1) is 26.4 Å². The first-order chi connectivity index (χ1) is 10.1. The second-order valence-corrected chi connectivity index (χ2v) is 4.87. The summed E-state index contributed by atoms with van der Waals surface area (Å²) in [5.74, 6) is -0.910. The van der Waals surface area contributed by atoms with Crippen LogP contribution in [0.3, 0.4) is 0 Å². The Hall–Kier alpha value is -1.47. The molecule has 0 aliphatic carbocycles. The zero-order valence-corrected chi connectivity index (χ0v) is 12.7. The lowest BCUT2D eigenvalue weighted by Crippen LogP contribution is -2.55. The average molecular weight is 300 g/mol. The number of ether oxygens (including phenoxy) is 2. The van der Waals surface area contributed by atoms with Crippen LogP contribution < -0.4 is 5.32 Å². The third-order valence-electron chi connectivity index (χ3n) is 3.12. The van der Waals surface area contributed by atoms with Gasteiger partial charge in [-0.3, -0.25) is 19.3 Å². The van der Waals surface area contributed by atoms with Crippen molar-refractivity contribution in [2.75, 3.05) is 39.5 Å². The second kappa shape index (κ2) is 9.46. The Kier molecular flexibility index (Phi) is 7.92. The Balaban J connectivity index is 2.50. The maximum absolute atomic E-state index is 12.0. The zero-order chi connectivity index (χ0) is 15.7. The zero-order valence-electron chi connectivity index (χ0n) is 12.7. The molecule has 1 unspecified atom stereocenters. The predicted octanol–water partition coefficient (Wildman–Crippen LogP) is -0.264. The molecule has 1 heterocycles. The summed E-state index contributed by atoms with van der Waals surface area (Å²) < 4.78 is 10.1. The van der Waals surface area contributed by atoms with Gasteiger partial charge in [-0.2, -0.15) is 0 Å². The fourth-order valence-electron chi connectivity index (χ4n) is 2.09. The van der Waals surface area contributed by atoms with Crippen molar-refractivity contribution in [3.05, 3.63) is 0 Å². The largest absolute Gasteiger partial charge is 0.466 e. The minimum atomic E-state index is -0.525. The van der Waals surface area contributed by atoms with Crippen molar-refractivity contribution in [1.29, 1.82) is 0 Å². The molecule has 120 valence electrons. The van der Waals surface area contributed by atoms with Crippen LogP contribution in [0.1, 0.15) is 26.7 Å². The van der Waals surface area contributed by atoms with Crippen molar-refractivity contribution in [3.8, 4) is 0 Å². The molecule has 0 bridgehead atoms. The fourth-order valence-corrected chi connectivity index (χ4v) is 2.09. The van der Waals surface area contributed by atoms with Crippen LogP contribution in [0.2, 0.25) is 0 Å². The van der Waals surface area contributed by atoms with Gasteiger partial charge in [-0.1, -0.05) is 6.92 Å². The molecule has 0 aromatic carbocycles. The maximum Gasteiger partial charge on any atom is 0.313 e. The number of ketones is 1. The first kappa shape index (κ1) is 17.6. The molecule has 0 spiro atoms. The normalized spacial score (nSPS) is 19.0. The summed E-state index contributed by atoms with van der Waals surface area (Å²) in [6.07, 6.45) is 0.593. The summed E-state index contributed by atoms with van der Waals surface area (Å²) in [7, 11) is 0. The van der Waals surface area contributed by atoms with E-state index in [4.69, 9.17) is 9.47 Å². The van der Waals surface area contributed by atoms with Crippen molar-refractivity contribution in [2.24, 2.45) is 0 Å². The molecule has 1 aliphatic rings. The Bertz CT molecular complexity index is 372. The Morgan fingerprint density at radius 1 is 1.33 bits per heavy atom. The molecular formula is C14H24N2O5. The average Bonchev–Trinajstić information content (AvgIpc) is 2.45. The van der Waals surface area contributed by atoms with Gasteiger partial charge >= 0.3 is 5.97 Å². The third-order valence-corrected chi connectivity index (χ3v) is 3.12. The summed E-state index contributed by atoms with van der Waals surface area (Å²) in [5, 5.41) is 2.80. The number of rotatable bonds is 8. The van der Waals surface area contributed by atoms with E-state index in [-0.39, 0.29) is 37.9 Å². The van der Waals surface area contributed by atoms with E-state index in [2.05, 4.69) is 5.32 Å². The van der Waals surface area contributed by atoms with Gasteiger partial charge < -0.3 is 14.8 Å². The van der Waals surface area contributed by atoms with Gasteiger partial charge in [0.15, 0.2) is 5.78 Å². The summed E-state index contributed by atoms with van der Waals surface area (Å²) in [6.45, 7) is 5.82. The van der Waals surface area contributed by atoms with Crippen LogP contribution in [0.25, 0.3) is 0 Å². The molecule has 7 heteroatoms. The number of nitrogens with zero attached hydrogens (tertiary/aromatic N) is 1. The van der Waals surface area contributed by atoms with Gasteiger partial charge in [0.25, 0.3) is 0 Å². The number of Topliss-reactive ketones (excluding diaryl/α,β-unsaturated/α-hetero) is 1. The topological polar surface area (TPSA) is 84.9 Å². The van der Waals surface area contributed by atoms with E-state index in [1.54, 1.807) is 11.8 Å². The van der Waals surface area contributed by atoms with Crippen LogP contribution in [-0.4, -0.2) is 68.1 Å². The van der Waals surface area contributed by atoms with Gasteiger partial charge in [-0.25, -0.2) is 0 Å². The molecule has 1 fully saturated rings. The van der Waals surface area contributed by atoms with E-state index < -0.39 is 12.0 Å². The van der Waals surface area contributed by atoms with Gasteiger partial charge in [0.2, 0.25) is 5.91 Å². The highest BCUT2D eigenvalue weighted by atomic mass is 16.5. The van der Waals surface area contributed by atoms with Crippen LogP contribution in [0.5, 0.6) is 0 Å². The summed E-state index contributed by atoms with van der Waals surface area (Å²) in [6, 6.07) is -0.476. The lowest BCUT2D eigenvalue weighted by Gasteiger charge is -2.33. The fraction of sp³-hybridized carbons (Fsp3) is 0.786. The van der Waals surface area contributed by atoms with E-state index in [0.29, 0.717) is 19.7 Å². The second-order valence-electron chi connectivity index (χ2n) is 4.87. The van der Waals surface area contributed by atoms with Crippen molar-refractivity contribution >= 4 is 17.7 Å². The number of hydrogen-bond acceptors (Lipinski definition) is 6. The number of esters is 1. The molecule has 1 atom stereocenters. The van der Waals surface area contributed by atoms with Crippen molar-refractivity contribution in [1.82, 2.24) is 10.2 Å². The van der Waals surface area contributed by atoms with E-state index in [1.165, 1.54) is 0 Å². The lowest BCUT2D eigenvalue weighted by atomic mass is 10.1. The molecule has 0 radical (unpaired) electrons. The van der Waals surface area contributed by atoms with Crippen molar-refractivity contribution in [2.45, 2.75) is 32.7 Å². The standard InChI is InChI=1S/C14H24N2O5/c1-3-5-15-14(19)12-10-20-7-6-16(12)9-11(17)8-13(18)21-4-2/h12H,3-10H2,1-2H3,(H,15,19). The monoisotopic (exact) mass is 300 g/mol. The Labute approximate surface area is 124 Å². The van der Waals surface area contributed by atoms with Crippen LogP contribution in [0, 0.1) is 0 Å². The molecule has 0 aromatic rings. The lowest BCUT2D eigenvalue weighted by molar-refractivity contribution is -0.146. The van der Waals surface area contributed by atoms with Crippen LogP contribution in [-0.2, 0) is 23.9 Å². The molecule has 7 nitrogen and oxygen atoms in total. The summed E-state index contributed by atoms with van der Waals surface area (Å²) in [5.41, 5.74) is 0. The molecule has 0 aromatic heterocycles. The number of carbonyl (C=O) groups excluding carboxylic acids is 3. The molecule has 1 rings (SSSR count). The molecule has 1 saturated heterocycles. The molecule has 1 N–H and O–H groups in total. The predicted molar refractivity (Wildman–Crippen MR) is 75.7 cm³/mol. The van der Waals surface area contributed by atoms with Gasteiger partial charge in [0.1, 0.15) is 12.5 Å². The summed E-state index contributed by atoms with van der Waals surface area (Å²) in [4.78, 5) is 36.9. The summed E-state index contributed by atoms with van der Waals surface area (Å²) >= 11 is 0. The minimum absolute atomic E-state index is 0.0619. The van der Waals surface area contributed by atoms with Crippen molar-refractivity contribution < 1.29 is 23.9 Å². The van der Waals surface area contributed by atoms with Crippen LogP contribution >= 0.6 is 0 Å². The first-order valence-electron chi connectivity index (χ1n) is 7.35. The maximum atomic E-state index is 12.0. The molecule has 21 heavy (non-hydrogen) atoms. The van der Waals surface area contributed by atoms with Gasteiger partial charge in [0, 0.05) is 13.1 Å². The molecule has 0 saturated carbocycles. The highest BCUT2D eigenvalue weighted by Crippen LogP contribution is 2.08. The first-order valence-corrected chi connectivity index (χ1v) is 7.35. The van der Waals surface area contributed by atoms with Gasteiger partial charge in [-0.15, -0.1) is 0 Å². The van der Waals surface area contributed by atoms with Gasteiger partial charge in [-0.05, 0) is 13.3 Å². The quantitative estimate of drug-likeness (QED) is 0.491. The number of amides is 1. The molecule has 1 aliphatic heterocycles. The van der Waals surface area contributed by atoms with Crippen LogP contribution in [0.4, 0.5) is 0 Å². The highest BCUT2D eigenvalue weighted by Gasteiger charge is 2.30. The van der Waals surface area contributed by atoms with E-state index in [1.807, 2.05) is 6.92 Å². The number of carbonyl (C=O) groups is 3. The third kappa shape index (κ3) is 6.22. The van der Waals surface area contributed by atoms with E-state index in [9.17, 15) is 14.4 Å². The number of morpholine rings is 1. The minimum Gasteiger partial charge on any atom is -0.466 e. The molecular weight excluding hydrogens is 276 g/mol. The SMILES string of the molecule is CCCNC(=O)C1COCCN1CC(=O)CC(=O)OCC. The molecule has 1 amide bonds. The van der Waals surface area contributed by atoms with E-state index >= 15 is 0 Å². The Morgan fingerprint density at radius 3 is 2.76 bits per heavy atom. The van der Waals surface area contributed by atoms with Crippen molar-refractivity contribution in [3.63, 3.8) is 0 Å². The highest BCUT2D eigenvalue weighted by molar-refractivity contribution is 5.97. The number of nitrogens with one attached hydrogen (secondary N) is 1. The Morgan fingerprint density at radius 2 is 2.10 bits per heavy atom. The van der Waals surface area contributed by atoms with E-state index in [0.717, 1.165) is 6.42 Å².